The highest BCUT2D eigenvalue weighted by Gasteiger charge is 2.36. The van der Waals surface area contributed by atoms with Crippen LogP contribution in [0.25, 0.3) is 33.7 Å². The lowest BCUT2D eigenvalue weighted by Gasteiger charge is -2.18. The third kappa shape index (κ3) is 11.7. The molecule has 3 amide bonds. The number of nitro groups is 1. The van der Waals surface area contributed by atoms with E-state index in [0.717, 1.165) is 34.0 Å². The lowest BCUT2D eigenvalue weighted by molar-refractivity contribution is -0.385. The van der Waals surface area contributed by atoms with Crippen molar-refractivity contribution in [2.45, 2.75) is 23.3 Å². The minimum atomic E-state index is -5.16. The minimum absolute atomic E-state index is 0.0950. The van der Waals surface area contributed by atoms with Crippen molar-refractivity contribution in [3.63, 3.8) is 0 Å². The van der Waals surface area contributed by atoms with Crippen molar-refractivity contribution in [2.75, 3.05) is 72.3 Å². The van der Waals surface area contributed by atoms with Gasteiger partial charge in [-0.2, -0.15) is 0 Å². The molecule has 6 aromatic carbocycles. The number of nitro benzene ring substituents is 1. The minimum Gasteiger partial charge on any atom is -0.444 e. The first-order valence-electron chi connectivity index (χ1n) is 22.5. The van der Waals surface area contributed by atoms with Gasteiger partial charge in [0, 0.05) is 83.9 Å². The lowest BCUT2D eigenvalue weighted by atomic mass is 9.95. The van der Waals surface area contributed by atoms with E-state index in [2.05, 4.69) is 30.5 Å². The molecule has 23 heteroatoms. The molecule has 73 heavy (non-hydrogen) atoms. The number of hydrogen-bond donors (Lipinski definition) is 5. The van der Waals surface area contributed by atoms with E-state index in [4.69, 9.17) is 22.1 Å². The number of anilines is 4. The van der Waals surface area contributed by atoms with Crippen LogP contribution >= 0.6 is 35.4 Å². The predicted molar refractivity (Wildman–Crippen MR) is 285 cm³/mol. The molecule has 0 saturated heterocycles. The number of ether oxygens (including phenoxy) is 1. The highest BCUT2D eigenvalue weighted by molar-refractivity contribution is 9.09. The van der Waals surface area contributed by atoms with Crippen LogP contribution in [0.15, 0.2) is 114 Å². The monoisotopic (exact) mass is 1120 g/mol. The van der Waals surface area contributed by atoms with E-state index in [0.29, 0.717) is 63.1 Å². The summed E-state index contributed by atoms with van der Waals surface area (Å²) in [5.41, 5.74) is 10.9. The van der Waals surface area contributed by atoms with Crippen LogP contribution < -0.4 is 30.1 Å². The fourth-order valence-electron chi connectivity index (χ4n) is 8.95. The number of alkyl halides is 2. The number of nitrogens with one attached hydrogen (secondary N) is 2. The summed E-state index contributed by atoms with van der Waals surface area (Å²) >= 11 is 10.1. The molecule has 0 aromatic heterocycles. The van der Waals surface area contributed by atoms with Gasteiger partial charge < -0.3 is 29.7 Å². The zero-order valence-corrected chi connectivity index (χ0v) is 43.2. The fourth-order valence-corrected chi connectivity index (χ4v) is 11.2. The Balaban J connectivity index is 0.973. The van der Waals surface area contributed by atoms with E-state index in [1.54, 1.807) is 70.5 Å². The molecule has 2 heterocycles. The second-order valence-corrected chi connectivity index (χ2v) is 21.4. The molecule has 0 saturated carbocycles. The Morgan fingerprint density at radius 2 is 1.51 bits per heavy atom. The number of rotatable bonds is 17. The summed E-state index contributed by atoms with van der Waals surface area (Å²) in [6, 6.07) is 26.0. The second kappa shape index (κ2) is 21.8. The highest BCUT2D eigenvalue weighted by atomic mass is 79.9. The number of halogens is 2. The number of hydrogen-bond acceptors (Lipinski definition) is 12. The van der Waals surface area contributed by atoms with Crippen molar-refractivity contribution in [1.29, 1.82) is 0 Å². The number of benzene rings is 6. The number of amides is 3. The molecule has 2 unspecified atom stereocenters. The molecule has 0 bridgehead atoms. The number of carbonyl (C=O) groups is 3. The van der Waals surface area contributed by atoms with Gasteiger partial charge in [-0.15, -0.1) is 11.6 Å². The summed E-state index contributed by atoms with van der Waals surface area (Å²) in [6.45, 7) is 0.944. The van der Waals surface area contributed by atoms with E-state index >= 15 is 0 Å². The number of carbonyl (C=O) groups excluding carboxylic acids is 3. The summed E-state index contributed by atoms with van der Waals surface area (Å²) < 4.78 is 50.2. The van der Waals surface area contributed by atoms with Gasteiger partial charge >= 0.3 is 19.6 Å². The van der Waals surface area contributed by atoms with Gasteiger partial charge in [-0.1, -0.05) is 64.5 Å². The Hall–Kier alpha value is -6.68. The molecule has 0 fully saturated rings. The topological polar surface area (TPSA) is 264 Å². The maximum Gasteiger partial charge on any atom is 0.525 e. The number of likely N-dealkylation sites (N-methyl/N-ethyl adjacent to an activating group) is 1. The maximum absolute atomic E-state index is 14.1. The van der Waals surface area contributed by atoms with Gasteiger partial charge in [-0.25, -0.2) is 22.5 Å². The molecule has 6 aromatic rings. The van der Waals surface area contributed by atoms with Crippen LogP contribution in [-0.2, 0) is 35.5 Å². The van der Waals surface area contributed by atoms with Crippen molar-refractivity contribution in [3.05, 3.63) is 147 Å². The molecule has 6 N–H and O–H groups in total. The molecule has 0 radical (unpaired) electrons. The van der Waals surface area contributed by atoms with Gasteiger partial charge in [-0.3, -0.25) is 34.8 Å². The summed E-state index contributed by atoms with van der Waals surface area (Å²) in [5.74, 6) is -1.50. The summed E-state index contributed by atoms with van der Waals surface area (Å²) in [4.78, 5) is 75.4. The average Bonchev–Trinajstić information content (AvgIpc) is 3.92. The number of nitrogens with two attached hydrogens (primary N) is 1. The van der Waals surface area contributed by atoms with E-state index in [1.165, 1.54) is 18.2 Å². The molecule has 2 aliphatic heterocycles. The first-order valence-corrected chi connectivity index (χ1v) is 27.2. The summed E-state index contributed by atoms with van der Waals surface area (Å²) in [7, 11) is -5.24. The first-order chi connectivity index (χ1) is 34.7. The molecule has 0 aliphatic carbocycles. The standard InChI is InChI=1S/C50H48BrClN7O12PS/c1-56(2)19-18-54-73(68,69)35-13-14-38-39(22-35)40(53)23-43-48(38)33(25-51)27-57(43)46(60)16-11-30-6-5-7-31(20-30)12-17-47(61)58-28-34(26-52)49-37-9-4-3-8-36(37)41(24-44(49)58)55-50(62)70-29-32-10-15-42(59(63)64)45(21-32)71-72(65,66)67/h3-17,20-24,33-34,54H,18-19,25-29,53H2,1-2H3,(H,55,62)(H2,65,66,67)/b16-11+,17-12+. The Morgan fingerprint density at radius 3 is 2.14 bits per heavy atom. The third-order valence-corrected chi connectivity index (χ3v) is 15.3. The van der Waals surface area contributed by atoms with Gasteiger partial charge in [0.15, 0.2) is 0 Å². The number of nitrogens with zero attached hydrogens (tertiary/aromatic N) is 4. The maximum atomic E-state index is 14.1. The number of fused-ring (bicyclic) bond motifs is 6. The van der Waals surface area contributed by atoms with Crippen LogP contribution in [0.3, 0.4) is 0 Å². The van der Waals surface area contributed by atoms with Crippen LogP contribution in [-0.4, -0.2) is 97.4 Å². The van der Waals surface area contributed by atoms with Crippen molar-refractivity contribution in [1.82, 2.24) is 9.62 Å². The van der Waals surface area contributed by atoms with E-state index in [9.17, 15) is 47.3 Å². The SMILES string of the molecule is CN(C)CCNS(=O)(=O)c1ccc2c3c(cc(N)c2c1)N(C(=O)/C=C/c1cccc(/C=C/C(=O)N2CC(CCl)c4c2cc(NC(=O)OCc2ccc([N+](=O)[O-])c(OP(=O)(O)O)c2)c2ccccc42)c1)CC3CBr. The molecular formula is C50H48BrClN7O12PS. The van der Waals surface area contributed by atoms with Crippen molar-refractivity contribution >= 4 is 125 Å². The average molecular weight is 1120 g/mol. The van der Waals surface area contributed by atoms with Crippen molar-refractivity contribution in [3.8, 4) is 5.75 Å². The molecule has 8 rings (SSSR count). The molecule has 19 nitrogen and oxygen atoms in total. The van der Waals surface area contributed by atoms with E-state index in [-0.39, 0.29) is 53.1 Å². The van der Waals surface area contributed by atoms with Crippen LogP contribution in [0.4, 0.5) is 33.2 Å². The van der Waals surface area contributed by atoms with Crippen LogP contribution in [0.1, 0.15) is 39.7 Å². The molecular weight excluding hydrogens is 1070 g/mol. The lowest BCUT2D eigenvalue weighted by Crippen LogP contribution is -2.31. The van der Waals surface area contributed by atoms with Crippen LogP contribution in [0.2, 0.25) is 0 Å². The summed E-state index contributed by atoms with van der Waals surface area (Å²) in [6.07, 6.45) is 5.31. The van der Waals surface area contributed by atoms with Crippen LogP contribution in [0.5, 0.6) is 5.75 Å². The Labute approximate surface area is 432 Å². The predicted octanol–water partition coefficient (Wildman–Crippen LogP) is 8.46. The first kappa shape index (κ1) is 52.6. The van der Waals surface area contributed by atoms with Gasteiger partial charge in [0.1, 0.15) is 6.61 Å². The fraction of sp³-hybridized carbons (Fsp3) is 0.220. The van der Waals surface area contributed by atoms with Gasteiger partial charge in [-0.05, 0) is 107 Å². The molecule has 380 valence electrons. The van der Waals surface area contributed by atoms with Gasteiger partial charge in [0.2, 0.25) is 15.8 Å². The Morgan fingerprint density at radius 1 is 0.877 bits per heavy atom. The highest BCUT2D eigenvalue weighted by Crippen LogP contribution is 2.47. The molecule has 2 atom stereocenters. The molecule has 2 aliphatic rings. The van der Waals surface area contributed by atoms with Crippen molar-refractivity contribution in [2.24, 2.45) is 0 Å². The Kier molecular flexibility index (Phi) is 15.7. The molecule has 0 spiro atoms. The zero-order valence-electron chi connectivity index (χ0n) is 39.1. The quantitative estimate of drug-likeness (QED) is 0.0143. The Bertz CT molecular complexity index is 3430. The van der Waals surface area contributed by atoms with Gasteiger partial charge in [0.25, 0.3) is 11.8 Å². The van der Waals surface area contributed by atoms with E-state index < -0.39 is 46.9 Å². The van der Waals surface area contributed by atoms with Crippen molar-refractivity contribution < 1.29 is 51.3 Å². The number of sulfonamides is 1. The third-order valence-electron chi connectivity index (χ3n) is 12.3. The largest absolute Gasteiger partial charge is 0.525 e. The number of phosphoric acid groups is 1. The summed E-state index contributed by atoms with van der Waals surface area (Å²) in [5, 5.41) is 17.4. The number of phosphoric ester groups is 1. The van der Waals surface area contributed by atoms with Gasteiger partial charge in [0.05, 0.1) is 26.9 Å². The normalized spacial score (nSPS) is 15.7. The van der Waals surface area contributed by atoms with E-state index in [1.807, 2.05) is 49.3 Å². The van der Waals surface area contributed by atoms with Crippen LogP contribution in [0, 0.1) is 10.1 Å². The zero-order chi connectivity index (χ0) is 52.4. The second-order valence-electron chi connectivity index (χ2n) is 17.5. The smallest absolute Gasteiger partial charge is 0.444 e. The number of nitrogen functional groups attached to an aromatic ring is 1.